The highest BCUT2D eigenvalue weighted by Gasteiger charge is 2.43. The van der Waals surface area contributed by atoms with Gasteiger partial charge in [0.25, 0.3) is 0 Å². The maximum Gasteiger partial charge on any atom is 0.241 e. The Bertz CT molecular complexity index is 306. The van der Waals surface area contributed by atoms with Crippen LogP contribution in [0.25, 0.3) is 0 Å². The first kappa shape index (κ1) is 18.5. The van der Waals surface area contributed by atoms with Crippen LogP contribution < -0.4 is 5.32 Å². The Hall–Kier alpha value is -0.570. The van der Waals surface area contributed by atoms with Gasteiger partial charge in [0.05, 0.1) is 12.2 Å². The van der Waals surface area contributed by atoms with Crippen LogP contribution in [0.4, 0.5) is 0 Å². The number of nitrogens with one attached hydrogen (secondary N) is 1. The van der Waals surface area contributed by atoms with Gasteiger partial charge < -0.3 is 4.90 Å². The molecule has 0 aromatic carbocycles. The van der Waals surface area contributed by atoms with Crippen LogP contribution in [0.15, 0.2) is 0 Å². The van der Waals surface area contributed by atoms with Crippen molar-refractivity contribution in [3.63, 3.8) is 0 Å². The molecule has 0 aliphatic carbocycles. The molecule has 0 radical (unpaired) electrons. The van der Waals surface area contributed by atoms with Gasteiger partial charge >= 0.3 is 0 Å². The normalized spacial score (nSPS) is 25.4. The zero-order valence-corrected chi connectivity index (χ0v) is 14.8. The number of carbonyl (C=O) groups is 1. The van der Waals surface area contributed by atoms with Gasteiger partial charge in [0.1, 0.15) is 0 Å². The van der Waals surface area contributed by atoms with Crippen LogP contribution in [0, 0.1) is 5.92 Å². The van der Waals surface area contributed by atoms with E-state index in [0.29, 0.717) is 17.9 Å². The molecule has 1 aliphatic rings. The minimum Gasteiger partial charge on any atom is -0.323 e. The van der Waals surface area contributed by atoms with E-state index in [2.05, 4.69) is 44.8 Å². The van der Waals surface area contributed by atoms with Gasteiger partial charge in [0, 0.05) is 6.04 Å². The second kappa shape index (κ2) is 9.45. The van der Waals surface area contributed by atoms with Crippen LogP contribution >= 0.6 is 0 Å². The van der Waals surface area contributed by atoms with Gasteiger partial charge in [-0.05, 0) is 25.2 Å². The molecule has 4 unspecified atom stereocenters. The second-order valence-corrected chi connectivity index (χ2v) is 6.66. The molecule has 0 aromatic heterocycles. The van der Waals surface area contributed by atoms with E-state index >= 15 is 0 Å². The number of nitrogens with zero attached hydrogens (tertiary/aromatic N) is 1. The lowest BCUT2D eigenvalue weighted by atomic mass is 9.98. The molecule has 0 aromatic rings. The summed E-state index contributed by atoms with van der Waals surface area (Å²) in [5, 5.41) is 3.63. The SMILES string of the molecule is CCCCC(CCC)N1C(=O)C(C(C)CC)NC1CCC. The zero-order valence-electron chi connectivity index (χ0n) is 14.8. The standard InChI is InChI=1S/C18H36N2O/c1-6-10-13-15(11-7-2)20-16(12-8-3)19-17(18(20)21)14(5)9-4/h14-17,19H,6-13H2,1-5H3. The van der Waals surface area contributed by atoms with Gasteiger partial charge in [-0.15, -0.1) is 0 Å². The van der Waals surface area contributed by atoms with E-state index in [9.17, 15) is 4.79 Å². The van der Waals surface area contributed by atoms with Crippen LogP contribution in [0.3, 0.4) is 0 Å². The molecular formula is C18H36N2O. The molecule has 1 fully saturated rings. The molecule has 3 nitrogen and oxygen atoms in total. The summed E-state index contributed by atoms with van der Waals surface area (Å²) in [6.07, 6.45) is 9.41. The van der Waals surface area contributed by atoms with Crippen LogP contribution in [-0.4, -0.2) is 29.1 Å². The Labute approximate surface area is 131 Å². The molecule has 1 aliphatic heterocycles. The van der Waals surface area contributed by atoms with E-state index < -0.39 is 0 Å². The van der Waals surface area contributed by atoms with Crippen molar-refractivity contribution in [1.82, 2.24) is 10.2 Å². The van der Waals surface area contributed by atoms with E-state index in [1.54, 1.807) is 0 Å². The molecule has 0 spiro atoms. The molecule has 1 saturated heterocycles. The quantitative estimate of drug-likeness (QED) is 0.651. The predicted molar refractivity (Wildman–Crippen MR) is 90.1 cm³/mol. The van der Waals surface area contributed by atoms with Crippen molar-refractivity contribution in [1.29, 1.82) is 0 Å². The summed E-state index contributed by atoms with van der Waals surface area (Å²) >= 11 is 0. The number of unbranched alkanes of at least 4 members (excludes halogenated alkanes) is 1. The summed E-state index contributed by atoms with van der Waals surface area (Å²) < 4.78 is 0. The minimum atomic E-state index is 0.0348. The highest BCUT2D eigenvalue weighted by atomic mass is 16.2. The van der Waals surface area contributed by atoms with Crippen molar-refractivity contribution < 1.29 is 4.79 Å². The average Bonchev–Trinajstić information content (AvgIpc) is 2.80. The molecule has 1 amide bonds. The highest BCUT2D eigenvalue weighted by Crippen LogP contribution is 2.27. The summed E-state index contributed by atoms with van der Waals surface area (Å²) in [5.74, 6) is 0.785. The van der Waals surface area contributed by atoms with Crippen molar-refractivity contribution in [2.24, 2.45) is 5.92 Å². The van der Waals surface area contributed by atoms with Crippen LogP contribution in [0.5, 0.6) is 0 Å². The third-order valence-electron chi connectivity index (χ3n) is 4.91. The first-order valence-corrected chi connectivity index (χ1v) is 9.18. The zero-order chi connectivity index (χ0) is 15.8. The molecule has 21 heavy (non-hydrogen) atoms. The number of hydrogen-bond donors (Lipinski definition) is 1. The van der Waals surface area contributed by atoms with Gasteiger partial charge in [-0.2, -0.15) is 0 Å². The van der Waals surface area contributed by atoms with Crippen LogP contribution in [-0.2, 0) is 4.79 Å². The predicted octanol–water partition coefficient (Wildman–Crippen LogP) is 4.32. The Morgan fingerprint density at radius 2 is 1.81 bits per heavy atom. The largest absolute Gasteiger partial charge is 0.323 e. The average molecular weight is 296 g/mol. The van der Waals surface area contributed by atoms with Crippen LogP contribution in [0.2, 0.25) is 0 Å². The fourth-order valence-electron chi connectivity index (χ4n) is 3.44. The summed E-state index contributed by atoms with van der Waals surface area (Å²) in [6.45, 7) is 11.1. The molecule has 1 heterocycles. The maximum atomic E-state index is 12.9. The Balaban J connectivity index is 2.88. The second-order valence-electron chi connectivity index (χ2n) is 6.66. The third-order valence-corrected chi connectivity index (χ3v) is 4.91. The van der Waals surface area contributed by atoms with E-state index in [1.807, 2.05) is 0 Å². The lowest BCUT2D eigenvalue weighted by molar-refractivity contribution is -0.133. The topological polar surface area (TPSA) is 32.3 Å². The monoisotopic (exact) mass is 296 g/mol. The first-order chi connectivity index (χ1) is 10.1. The highest BCUT2D eigenvalue weighted by molar-refractivity contribution is 5.85. The molecular weight excluding hydrogens is 260 g/mol. The molecule has 1 rings (SSSR count). The van der Waals surface area contributed by atoms with Crippen molar-refractivity contribution in [3.8, 4) is 0 Å². The number of carbonyl (C=O) groups excluding carboxylic acids is 1. The lowest BCUT2D eigenvalue weighted by Gasteiger charge is -2.33. The Morgan fingerprint density at radius 1 is 1.10 bits per heavy atom. The molecule has 0 saturated carbocycles. The van der Waals surface area contributed by atoms with Gasteiger partial charge in [0.2, 0.25) is 5.91 Å². The van der Waals surface area contributed by atoms with Gasteiger partial charge in [-0.1, -0.05) is 66.7 Å². The maximum absolute atomic E-state index is 12.9. The van der Waals surface area contributed by atoms with Gasteiger partial charge in [-0.3, -0.25) is 10.1 Å². The van der Waals surface area contributed by atoms with Crippen LogP contribution in [0.1, 0.15) is 86.0 Å². The van der Waals surface area contributed by atoms with Crippen molar-refractivity contribution in [3.05, 3.63) is 0 Å². The third kappa shape index (κ3) is 4.70. The molecule has 4 atom stereocenters. The van der Waals surface area contributed by atoms with E-state index in [-0.39, 0.29) is 12.2 Å². The first-order valence-electron chi connectivity index (χ1n) is 9.18. The fraction of sp³-hybridized carbons (Fsp3) is 0.944. The molecule has 1 N–H and O–H groups in total. The van der Waals surface area contributed by atoms with Crippen molar-refractivity contribution >= 4 is 5.91 Å². The number of hydrogen-bond acceptors (Lipinski definition) is 2. The summed E-state index contributed by atoms with van der Waals surface area (Å²) in [5.41, 5.74) is 0. The molecule has 3 heteroatoms. The molecule has 124 valence electrons. The fourth-order valence-corrected chi connectivity index (χ4v) is 3.44. The van der Waals surface area contributed by atoms with E-state index in [1.165, 1.54) is 12.8 Å². The number of amides is 1. The van der Waals surface area contributed by atoms with E-state index in [4.69, 9.17) is 0 Å². The summed E-state index contributed by atoms with van der Waals surface area (Å²) in [6, 6.07) is 0.466. The lowest BCUT2D eigenvalue weighted by Crippen LogP contribution is -2.44. The van der Waals surface area contributed by atoms with Crippen molar-refractivity contribution in [2.45, 2.75) is 104 Å². The minimum absolute atomic E-state index is 0.0348. The number of rotatable bonds is 10. The summed E-state index contributed by atoms with van der Waals surface area (Å²) in [4.78, 5) is 15.2. The smallest absolute Gasteiger partial charge is 0.241 e. The van der Waals surface area contributed by atoms with Crippen molar-refractivity contribution in [2.75, 3.05) is 0 Å². The Kier molecular flexibility index (Phi) is 8.31. The Morgan fingerprint density at radius 3 is 2.33 bits per heavy atom. The van der Waals surface area contributed by atoms with Gasteiger partial charge in [-0.25, -0.2) is 0 Å². The summed E-state index contributed by atoms with van der Waals surface area (Å²) in [7, 11) is 0. The van der Waals surface area contributed by atoms with E-state index in [0.717, 1.165) is 38.5 Å². The van der Waals surface area contributed by atoms with Gasteiger partial charge in [0.15, 0.2) is 0 Å². The molecule has 0 bridgehead atoms.